The molecule has 5 heteroatoms. The molecule has 0 fully saturated rings. The van der Waals surface area contributed by atoms with Crippen molar-refractivity contribution in [3.05, 3.63) is 119 Å². The first-order valence-electron chi connectivity index (χ1n) is 15.2. The van der Waals surface area contributed by atoms with Gasteiger partial charge in [0.25, 0.3) is 11.8 Å². The lowest BCUT2D eigenvalue weighted by Crippen LogP contribution is -2.29. The zero-order valence-corrected chi connectivity index (χ0v) is 24.3. The van der Waals surface area contributed by atoms with Gasteiger partial charge in [0.15, 0.2) is 5.78 Å². The molecular formula is C37H40FNO3. The molecule has 0 spiro atoms. The van der Waals surface area contributed by atoms with Crippen molar-refractivity contribution in [1.82, 2.24) is 0 Å². The van der Waals surface area contributed by atoms with Gasteiger partial charge in [0.05, 0.1) is 5.69 Å². The van der Waals surface area contributed by atoms with Crippen molar-refractivity contribution in [1.29, 1.82) is 0 Å². The zero-order chi connectivity index (χ0) is 29.6. The molecule has 3 aromatic carbocycles. The van der Waals surface area contributed by atoms with Crippen LogP contribution in [0, 0.1) is 5.82 Å². The SMILES string of the molecule is O=C(C=Cc1ccc(CCCCCCCCCCCCc2ccc(N3C(=O)C=CC3=O)cc2)cc1)c1ccc(F)cc1. The Labute approximate surface area is 249 Å². The molecule has 0 bridgehead atoms. The minimum absolute atomic E-state index is 0.130. The average Bonchev–Trinajstić information content (AvgIpc) is 3.35. The topological polar surface area (TPSA) is 54.5 Å². The van der Waals surface area contributed by atoms with Crippen LogP contribution >= 0.6 is 0 Å². The summed E-state index contributed by atoms with van der Waals surface area (Å²) in [4.78, 5) is 37.0. The van der Waals surface area contributed by atoms with E-state index in [1.165, 1.54) is 116 Å². The molecule has 4 nitrogen and oxygen atoms in total. The second-order valence-corrected chi connectivity index (χ2v) is 11.0. The molecule has 218 valence electrons. The number of carbonyl (C=O) groups is 3. The van der Waals surface area contributed by atoms with Gasteiger partial charge < -0.3 is 0 Å². The Morgan fingerprint density at radius 2 is 1.05 bits per heavy atom. The fraction of sp³-hybridized carbons (Fsp3) is 0.324. The summed E-state index contributed by atoms with van der Waals surface area (Å²) < 4.78 is 13.0. The van der Waals surface area contributed by atoms with E-state index in [9.17, 15) is 18.8 Å². The van der Waals surface area contributed by atoms with Crippen molar-refractivity contribution < 1.29 is 18.8 Å². The van der Waals surface area contributed by atoms with Gasteiger partial charge in [0.2, 0.25) is 0 Å². The quantitative estimate of drug-likeness (QED) is 0.0711. The third-order valence-electron chi connectivity index (χ3n) is 7.72. The van der Waals surface area contributed by atoms with Gasteiger partial charge in [0, 0.05) is 17.7 Å². The number of imide groups is 1. The minimum atomic E-state index is -0.344. The van der Waals surface area contributed by atoms with E-state index >= 15 is 0 Å². The molecule has 42 heavy (non-hydrogen) atoms. The Morgan fingerprint density at radius 1 is 0.595 bits per heavy atom. The third-order valence-corrected chi connectivity index (χ3v) is 7.72. The van der Waals surface area contributed by atoms with Gasteiger partial charge >= 0.3 is 0 Å². The Balaban J connectivity index is 0.982. The second kappa shape index (κ2) is 16.4. The van der Waals surface area contributed by atoms with Crippen LogP contribution in [0.1, 0.15) is 91.3 Å². The number of carbonyl (C=O) groups excluding carboxylic acids is 3. The largest absolute Gasteiger partial charge is 0.289 e. The molecule has 2 amide bonds. The van der Waals surface area contributed by atoms with E-state index in [-0.39, 0.29) is 23.4 Å². The fourth-order valence-electron chi connectivity index (χ4n) is 5.22. The van der Waals surface area contributed by atoms with Crippen LogP contribution in [0.2, 0.25) is 0 Å². The van der Waals surface area contributed by atoms with Gasteiger partial charge in [-0.05, 0) is 84.8 Å². The first-order valence-corrected chi connectivity index (χ1v) is 15.2. The Kier molecular flexibility index (Phi) is 12.0. The Bertz CT molecular complexity index is 1350. The molecule has 0 unspecified atom stereocenters. The lowest BCUT2D eigenvalue weighted by molar-refractivity contribution is -0.119. The number of hydrogen-bond acceptors (Lipinski definition) is 3. The van der Waals surface area contributed by atoms with Crippen LogP contribution in [0.4, 0.5) is 10.1 Å². The summed E-state index contributed by atoms with van der Waals surface area (Å²) in [5.74, 6) is -1.03. The highest BCUT2D eigenvalue weighted by Crippen LogP contribution is 2.21. The normalized spacial score (nSPS) is 13.0. The van der Waals surface area contributed by atoms with E-state index in [0.29, 0.717) is 11.3 Å². The maximum atomic E-state index is 13.0. The van der Waals surface area contributed by atoms with Crippen molar-refractivity contribution in [2.75, 3.05) is 4.90 Å². The fourth-order valence-corrected chi connectivity index (χ4v) is 5.22. The van der Waals surface area contributed by atoms with E-state index in [0.717, 1.165) is 24.8 Å². The van der Waals surface area contributed by atoms with Crippen molar-refractivity contribution >= 4 is 29.4 Å². The summed E-state index contributed by atoms with van der Waals surface area (Å²) in [5, 5.41) is 0. The zero-order valence-electron chi connectivity index (χ0n) is 24.3. The van der Waals surface area contributed by atoms with E-state index in [1.54, 1.807) is 6.08 Å². The summed E-state index contributed by atoms with van der Waals surface area (Å²) in [5.41, 5.74) is 4.67. The van der Waals surface area contributed by atoms with Crippen LogP contribution in [0.25, 0.3) is 6.08 Å². The van der Waals surface area contributed by atoms with E-state index in [4.69, 9.17) is 0 Å². The van der Waals surface area contributed by atoms with Crippen LogP contribution in [-0.2, 0) is 22.4 Å². The lowest BCUT2D eigenvalue weighted by atomic mass is 10.0. The molecule has 0 aromatic heterocycles. The second-order valence-electron chi connectivity index (χ2n) is 11.0. The number of halogens is 1. The van der Waals surface area contributed by atoms with Crippen molar-refractivity contribution in [3.8, 4) is 0 Å². The number of rotatable bonds is 17. The van der Waals surface area contributed by atoms with E-state index in [2.05, 4.69) is 12.1 Å². The average molecular weight is 566 g/mol. The van der Waals surface area contributed by atoms with E-state index < -0.39 is 0 Å². The molecular weight excluding hydrogens is 525 g/mol. The highest BCUT2D eigenvalue weighted by molar-refractivity contribution is 6.28. The molecule has 0 saturated heterocycles. The molecule has 1 aliphatic rings. The van der Waals surface area contributed by atoms with Crippen LogP contribution in [0.3, 0.4) is 0 Å². The molecule has 0 saturated carbocycles. The molecule has 0 radical (unpaired) electrons. The summed E-state index contributed by atoms with van der Waals surface area (Å²) in [6.45, 7) is 0. The van der Waals surface area contributed by atoms with Crippen molar-refractivity contribution in [2.24, 2.45) is 0 Å². The molecule has 0 aliphatic carbocycles. The number of aryl methyl sites for hydroxylation is 2. The predicted molar refractivity (Wildman–Crippen MR) is 168 cm³/mol. The van der Waals surface area contributed by atoms with Gasteiger partial charge in [-0.1, -0.05) is 93.8 Å². The maximum absolute atomic E-state index is 13.0. The molecule has 1 aliphatic heterocycles. The molecule has 0 N–H and O–H groups in total. The van der Waals surface area contributed by atoms with Crippen LogP contribution in [0.15, 0.2) is 91.0 Å². The first kappa shape index (κ1) is 30.8. The molecule has 4 rings (SSSR count). The highest BCUT2D eigenvalue weighted by Gasteiger charge is 2.24. The standard InChI is InChI=1S/C37H40FNO3/c38-33-22-20-32(21-23-33)35(40)26-19-31-15-13-29(14-16-31)11-9-7-5-3-1-2-4-6-8-10-12-30-17-24-34(25-18-30)39-36(41)27-28-37(39)42/h13-28H,1-12H2. The minimum Gasteiger partial charge on any atom is -0.289 e. The summed E-state index contributed by atoms with van der Waals surface area (Å²) >= 11 is 0. The number of hydrogen-bond donors (Lipinski definition) is 0. The number of nitrogens with zero attached hydrogens (tertiary/aromatic N) is 1. The summed E-state index contributed by atoms with van der Waals surface area (Å²) in [6, 6.07) is 21.7. The Morgan fingerprint density at radius 3 is 1.55 bits per heavy atom. The number of amides is 2. The number of anilines is 1. The van der Waals surface area contributed by atoms with E-state index in [1.807, 2.05) is 36.4 Å². The number of unbranched alkanes of at least 4 members (excludes halogenated alkanes) is 9. The van der Waals surface area contributed by atoms with Crippen LogP contribution < -0.4 is 4.90 Å². The van der Waals surface area contributed by atoms with Crippen LogP contribution in [-0.4, -0.2) is 17.6 Å². The van der Waals surface area contributed by atoms with Gasteiger partial charge in [-0.15, -0.1) is 0 Å². The number of ketones is 1. The molecule has 3 aromatic rings. The number of allylic oxidation sites excluding steroid dienone is 1. The first-order chi connectivity index (χ1) is 20.5. The summed E-state index contributed by atoms with van der Waals surface area (Å²) in [6.07, 6.45) is 20.7. The third kappa shape index (κ3) is 9.76. The molecule has 1 heterocycles. The highest BCUT2D eigenvalue weighted by atomic mass is 19.1. The van der Waals surface area contributed by atoms with Gasteiger partial charge in [0.1, 0.15) is 5.82 Å². The number of benzene rings is 3. The molecule has 0 atom stereocenters. The van der Waals surface area contributed by atoms with Gasteiger partial charge in [-0.2, -0.15) is 0 Å². The van der Waals surface area contributed by atoms with Crippen LogP contribution in [0.5, 0.6) is 0 Å². The smallest absolute Gasteiger partial charge is 0.258 e. The lowest BCUT2D eigenvalue weighted by Gasteiger charge is -2.14. The Hall–Kier alpha value is -4.12. The van der Waals surface area contributed by atoms with Gasteiger partial charge in [-0.3, -0.25) is 14.4 Å². The van der Waals surface area contributed by atoms with Crippen molar-refractivity contribution in [3.63, 3.8) is 0 Å². The predicted octanol–water partition coefficient (Wildman–Crippen LogP) is 8.84. The monoisotopic (exact) mass is 565 g/mol. The van der Waals surface area contributed by atoms with Gasteiger partial charge in [-0.25, -0.2) is 9.29 Å². The maximum Gasteiger partial charge on any atom is 0.258 e. The summed E-state index contributed by atoms with van der Waals surface area (Å²) in [7, 11) is 0. The van der Waals surface area contributed by atoms with Crippen molar-refractivity contribution in [2.45, 2.75) is 77.0 Å².